The molecule has 0 spiro atoms. The van der Waals surface area contributed by atoms with Crippen LogP contribution in [0.5, 0.6) is 0 Å². The fourth-order valence-electron chi connectivity index (χ4n) is 2.44. The van der Waals surface area contributed by atoms with Crippen LogP contribution in [0.15, 0.2) is 53.0 Å². The van der Waals surface area contributed by atoms with Gasteiger partial charge in [-0.1, -0.05) is 31.2 Å². The van der Waals surface area contributed by atoms with Crippen LogP contribution in [0.2, 0.25) is 0 Å². The van der Waals surface area contributed by atoms with Crippen molar-refractivity contribution in [2.75, 3.05) is 15.9 Å². The molecule has 0 radical (unpaired) electrons. The average molecular weight is 429 g/mol. The van der Waals surface area contributed by atoms with Gasteiger partial charge >= 0.3 is 0 Å². The zero-order valence-electron chi connectivity index (χ0n) is 13.7. The van der Waals surface area contributed by atoms with E-state index in [2.05, 4.69) is 21.2 Å². The summed E-state index contributed by atoms with van der Waals surface area (Å²) < 4.78 is 40.2. The Labute approximate surface area is 155 Å². The Morgan fingerprint density at radius 1 is 1.20 bits per heavy atom. The molecular formula is C17H18BrFN2O3S. The van der Waals surface area contributed by atoms with Gasteiger partial charge in [0.2, 0.25) is 15.9 Å². The molecule has 8 heteroatoms. The zero-order chi connectivity index (χ0) is 18.6. The number of amides is 1. The van der Waals surface area contributed by atoms with E-state index in [9.17, 15) is 17.6 Å². The highest BCUT2D eigenvalue weighted by Crippen LogP contribution is 2.27. The Morgan fingerprint density at radius 2 is 1.80 bits per heavy atom. The van der Waals surface area contributed by atoms with Gasteiger partial charge in [-0.2, -0.15) is 0 Å². The van der Waals surface area contributed by atoms with Crippen molar-refractivity contribution in [3.8, 4) is 0 Å². The molecule has 25 heavy (non-hydrogen) atoms. The van der Waals surface area contributed by atoms with Gasteiger partial charge in [0.25, 0.3) is 0 Å². The molecule has 2 rings (SSSR count). The highest BCUT2D eigenvalue weighted by atomic mass is 79.9. The van der Waals surface area contributed by atoms with Crippen LogP contribution in [0, 0.1) is 5.82 Å². The Kier molecular flexibility index (Phi) is 6.18. The van der Waals surface area contributed by atoms with E-state index in [1.807, 2.05) is 0 Å². The van der Waals surface area contributed by atoms with Gasteiger partial charge in [0.05, 0.1) is 17.6 Å². The largest absolute Gasteiger partial charge is 0.323 e. The smallest absolute Gasteiger partial charge is 0.248 e. The molecule has 134 valence electrons. The second-order valence-electron chi connectivity index (χ2n) is 5.40. The lowest BCUT2D eigenvalue weighted by Gasteiger charge is -2.30. The Morgan fingerprint density at radius 3 is 2.36 bits per heavy atom. The number of carbonyl (C=O) groups is 1. The molecule has 1 N–H and O–H groups in total. The van der Waals surface area contributed by atoms with E-state index in [4.69, 9.17) is 0 Å². The van der Waals surface area contributed by atoms with Crippen LogP contribution >= 0.6 is 15.9 Å². The van der Waals surface area contributed by atoms with Gasteiger partial charge < -0.3 is 5.32 Å². The monoisotopic (exact) mass is 428 g/mol. The molecule has 0 bridgehead atoms. The van der Waals surface area contributed by atoms with Gasteiger partial charge in [0.1, 0.15) is 11.9 Å². The van der Waals surface area contributed by atoms with Gasteiger partial charge in [-0.25, -0.2) is 12.8 Å². The minimum absolute atomic E-state index is 0.154. The van der Waals surface area contributed by atoms with Gasteiger partial charge in [0, 0.05) is 4.47 Å². The van der Waals surface area contributed by atoms with Gasteiger partial charge in [-0.3, -0.25) is 9.10 Å². The topological polar surface area (TPSA) is 66.5 Å². The zero-order valence-corrected chi connectivity index (χ0v) is 16.1. The normalized spacial score (nSPS) is 12.5. The van der Waals surface area contributed by atoms with Crippen LogP contribution in [0.3, 0.4) is 0 Å². The van der Waals surface area contributed by atoms with Crippen molar-refractivity contribution in [1.29, 1.82) is 0 Å². The molecule has 5 nitrogen and oxygen atoms in total. The van der Waals surface area contributed by atoms with E-state index in [1.54, 1.807) is 31.2 Å². The third kappa shape index (κ3) is 4.58. The maximum atomic E-state index is 14.2. The lowest BCUT2D eigenvalue weighted by atomic mass is 10.1. The van der Waals surface area contributed by atoms with E-state index in [0.29, 0.717) is 10.2 Å². The lowest BCUT2D eigenvalue weighted by Crippen LogP contribution is -2.47. The van der Waals surface area contributed by atoms with Crippen molar-refractivity contribution in [2.45, 2.75) is 19.4 Å². The van der Waals surface area contributed by atoms with E-state index in [-0.39, 0.29) is 12.1 Å². The molecule has 0 aliphatic rings. The summed E-state index contributed by atoms with van der Waals surface area (Å²) in [5, 5.41) is 2.69. The molecule has 0 heterocycles. The third-order valence-electron chi connectivity index (χ3n) is 3.55. The minimum Gasteiger partial charge on any atom is -0.323 e. The van der Waals surface area contributed by atoms with Crippen LogP contribution in [0.25, 0.3) is 0 Å². The number of rotatable bonds is 6. The highest BCUT2D eigenvalue weighted by molar-refractivity contribution is 9.10. The fourth-order valence-corrected chi connectivity index (χ4v) is 4.04. The van der Waals surface area contributed by atoms with Crippen LogP contribution in [0.1, 0.15) is 13.3 Å². The number of hydrogen-bond donors (Lipinski definition) is 1. The number of carbonyl (C=O) groups excluding carboxylic acids is 1. The lowest BCUT2D eigenvalue weighted by molar-refractivity contribution is -0.117. The SMILES string of the molecule is CCC(C(=O)Nc1ccccc1Br)N(c1ccccc1F)S(C)(=O)=O. The van der Waals surface area contributed by atoms with Gasteiger partial charge in [-0.15, -0.1) is 0 Å². The van der Waals surface area contributed by atoms with Crippen LogP contribution in [0.4, 0.5) is 15.8 Å². The number of anilines is 2. The summed E-state index contributed by atoms with van der Waals surface area (Å²) in [4.78, 5) is 12.7. The first-order valence-corrected chi connectivity index (χ1v) is 10.2. The maximum Gasteiger partial charge on any atom is 0.248 e. The first kappa shape index (κ1) is 19.4. The molecule has 0 aliphatic carbocycles. The Bertz CT molecular complexity index is 874. The molecule has 0 fully saturated rings. The number of benzene rings is 2. The summed E-state index contributed by atoms with van der Waals surface area (Å²) in [6.07, 6.45) is 1.13. The summed E-state index contributed by atoms with van der Waals surface area (Å²) in [6.45, 7) is 1.67. The molecule has 0 saturated heterocycles. The quantitative estimate of drug-likeness (QED) is 0.761. The van der Waals surface area contributed by atoms with Crippen molar-refractivity contribution in [3.05, 3.63) is 58.8 Å². The van der Waals surface area contributed by atoms with E-state index >= 15 is 0 Å². The third-order valence-corrected chi connectivity index (χ3v) is 5.41. The highest BCUT2D eigenvalue weighted by Gasteiger charge is 2.33. The first-order valence-electron chi connectivity index (χ1n) is 7.55. The molecule has 1 unspecified atom stereocenters. The summed E-state index contributed by atoms with van der Waals surface area (Å²) in [6, 6.07) is 11.4. The minimum atomic E-state index is -3.88. The van der Waals surface area contributed by atoms with Crippen molar-refractivity contribution >= 4 is 43.2 Å². The average Bonchev–Trinajstić information content (AvgIpc) is 2.54. The second-order valence-corrected chi connectivity index (χ2v) is 8.12. The Hall–Kier alpha value is -1.93. The molecule has 0 aromatic heterocycles. The number of sulfonamides is 1. The molecule has 2 aromatic rings. The Balaban J connectivity index is 2.42. The first-order chi connectivity index (χ1) is 11.8. The molecule has 2 aromatic carbocycles. The number of halogens is 2. The van der Waals surface area contributed by atoms with Crippen molar-refractivity contribution in [2.24, 2.45) is 0 Å². The predicted molar refractivity (Wildman–Crippen MR) is 101 cm³/mol. The van der Waals surface area contributed by atoms with Crippen molar-refractivity contribution in [3.63, 3.8) is 0 Å². The molecule has 0 saturated carbocycles. The molecular weight excluding hydrogens is 411 g/mol. The number of para-hydroxylation sites is 2. The van der Waals surface area contributed by atoms with E-state index in [0.717, 1.165) is 16.6 Å². The molecule has 1 atom stereocenters. The van der Waals surface area contributed by atoms with E-state index in [1.165, 1.54) is 18.2 Å². The van der Waals surface area contributed by atoms with Crippen molar-refractivity contribution < 1.29 is 17.6 Å². The summed E-state index contributed by atoms with van der Waals surface area (Å²) in [5.41, 5.74) is 0.354. The fraction of sp³-hybridized carbons (Fsp3) is 0.235. The van der Waals surface area contributed by atoms with Crippen LogP contribution in [-0.4, -0.2) is 26.6 Å². The van der Waals surface area contributed by atoms with Crippen LogP contribution in [-0.2, 0) is 14.8 Å². The van der Waals surface area contributed by atoms with Gasteiger partial charge in [-0.05, 0) is 46.6 Å². The number of nitrogens with zero attached hydrogens (tertiary/aromatic N) is 1. The summed E-state index contributed by atoms with van der Waals surface area (Å²) >= 11 is 3.32. The maximum absolute atomic E-state index is 14.2. The summed E-state index contributed by atoms with van der Waals surface area (Å²) in [7, 11) is -3.88. The molecule has 1 amide bonds. The van der Waals surface area contributed by atoms with E-state index < -0.39 is 27.8 Å². The molecule has 0 aliphatic heterocycles. The van der Waals surface area contributed by atoms with Crippen molar-refractivity contribution in [1.82, 2.24) is 0 Å². The number of hydrogen-bond acceptors (Lipinski definition) is 3. The standard InChI is InChI=1S/C17H18BrFN2O3S/c1-3-15(17(22)20-14-10-6-4-8-12(14)18)21(25(2,23)24)16-11-7-5-9-13(16)19/h4-11,15H,3H2,1-2H3,(H,20,22). The van der Waals surface area contributed by atoms with Crippen LogP contribution < -0.4 is 9.62 Å². The van der Waals surface area contributed by atoms with Gasteiger partial charge in [0.15, 0.2) is 0 Å². The second kappa shape index (κ2) is 7.97. The summed E-state index contributed by atoms with van der Waals surface area (Å²) in [5.74, 6) is -1.25. The number of nitrogens with one attached hydrogen (secondary N) is 1. The predicted octanol–water partition coefficient (Wildman–Crippen LogP) is 3.77.